The van der Waals surface area contributed by atoms with Crippen LogP contribution in [0.1, 0.15) is 39.0 Å². The zero-order valence-corrected chi connectivity index (χ0v) is 10.7. The Morgan fingerprint density at radius 1 is 1.41 bits per heavy atom. The van der Waals surface area contributed by atoms with Crippen molar-refractivity contribution < 1.29 is 0 Å². The van der Waals surface area contributed by atoms with E-state index in [2.05, 4.69) is 17.2 Å². The molecule has 1 aromatic rings. The molecule has 1 aliphatic rings. The molecule has 0 atom stereocenters. The lowest BCUT2D eigenvalue weighted by Crippen LogP contribution is -2.32. The van der Waals surface area contributed by atoms with Crippen molar-refractivity contribution in [2.24, 2.45) is 12.5 Å². The van der Waals surface area contributed by atoms with Crippen LogP contribution in [0.4, 0.5) is 5.82 Å². The Balaban J connectivity index is 2.02. The van der Waals surface area contributed by atoms with Gasteiger partial charge in [-0.3, -0.25) is 4.79 Å². The van der Waals surface area contributed by atoms with E-state index < -0.39 is 0 Å². The molecule has 0 bridgehead atoms. The lowest BCUT2D eigenvalue weighted by Gasteiger charge is -2.33. The summed E-state index contributed by atoms with van der Waals surface area (Å²) >= 11 is 0. The van der Waals surface area contributed by atoms with Gasteiger partial charge in [0, 0.05) is 26.0 Å². The van der Waals surface area contributed by atoms with Crippen molar-refractivity contribution in [2.75, 3.05) is 11.9 Å². The van der Waals surface area contributed by atoms with E-state index in [1.54, 1.807) is 24.0 Å². The van der Waals surface area contributed by atoms with Gasteiger partial charge in [-0.1, -0.05) is 26.2 Å². The van der Waals surface area contributed by atoms with Crippen LogP contribution in [0.25, 0.3) is 0 Å². The van der Waals surface area contributed by atoms with Crippen LogP contribution in [0.5, 0.6) is 0 Å². The minimum absolute atomic E-state index is 0.0492. The molecule has 0 spiro atoms. The first-order valence-electron chi connectivity index (χ1n) is 6.36. The van der Waals surface area contributed by atoms with Gasteiger partial charge in [-0.25, -0.2) is 4.98 Å². The lowest BCUT2D eigenvalue weighted by molar-refractivity contribution is 0.233. The number of hydrogen-bond acceptors (Lipinski definition) is 3. The Labute approximate surface area is 102 Å². The SMILES string of the molecule is Cn1ccnc(NCC2(C)CCCCC2)c1=O. The largest absolute Gasteiger partial charge is 0.365 e. The van der Waals surface area contributed by atoms with Gasteiger partial charge in [0.05, 0.1) is 0 Å². The first-order chi connectivity index (χ1) is 8.11. The molecule has 2 rings (SSSR count). The van der Waals surface area contributed by atoms with Crippen LogP contribution < -0.4 is 10.9 Å². The Morgan fingerprint density at radius 2 is 2.12 bits per heavy atom. The quantitative estimate of drug-likeness (QED) is 0.873. The molecule has 17 heavy (non-hydrogen) atoms. The van der Waals surface area contributed by atoms with E-state index in [0.717, 1.165) is 6.54 Å². The van der Waals surface area contributed by atoms with Gasteiger partial charge in [-0.15, -0.1) is 0 Å². The van der Waals surface area contributed by atoms with Gasteiger partial charge in [-0.2, -0.15) is 0 Å². The molecule has 94 valence electrons. The topological polar surface area (TPSA) is 46.9 Å². The summed E-state index contributed by atoms with van der Waals surface area (Å²) in [4.78, 5) is 15.9. The van der Waals surface area contributed by atoms with Gasteiger partial charge < -0.3 is 9.88 Å². The maximum absolute atomic E-state index is 11.8. The summed E-state index contributed by atoms with van der Waals surface area (Å²) in [6.07, 6.45) is 9.78. The number of aryl methyl sites for hydroxylation is 1. The van der Waals surface area contributed by atoms with Crippen molar-refractivity contribution in [2.45, 2.75) is 39.0 Å². The summed E-state index contributed by atoms with van der Waals surface area (Å²) in [5, 5.41) is 3.22. The molecule has 1 saturated carbocycles. The number of rotatable bonds is 3. The van der Waals surface area contributed by atoms with Crippen molar-refractivity contribution in [1.82, 2.24) is 9.55 Å². The Bertz CT molecular complexity index is 433. The van der Waals surface area contributed by atoms with Crippen LogP contribution >= 0.6 is 0 Å². The van der Waals surface area contributed by atoms with Gasteiger partial charge in [0.2, 0.25) is 0 Å². The molecule has 0 radical (unpaired) electrons. The molecule has 4 nitrogen and oxygen atoms in total. The maximum atomic E-state index is 11.8. The van der Waals surface area contributed by atoms with Crippen LogP contribution in [0.3, 0.4) is 0 Å². The minimum Gasteiger partial charge on any atom is -0.365 e. The van der Waals surface area contributed by atoms with E-state index in [4.69, 9.17) is 0 Å². The third-order valence-corrected chi connectivity index (χ3v) is 3.76. The highest BCUT2D eigenvalue weighted by Gasteiger charge is 2.26. The first kappa shape index (κ1) is 12.1. The molecule has 1 aliphatic carbocycles. The third-order valence-electron chi connectivity index (χ3n) is 3.76. The molecule has 1 N–H and O–H groups in total. The number of nitrogens with zero attached hydrogens (tertiary/aromatic N) is 2. The fourth-order valence-corrected chi connectivity index (χ4v) is 2.50. The average Bonchev–Trinajstić information content (AvgIpc) is 2.32. The average molecular weight is 235 g/mol. The van der Waals surface area contributed by atoms with Crippen molar-refractivity contribution in [1.29, 1.82) is 0 Å². The molecule has 1 fully saturated rings. The van der Waals surface area contributed by atoms with Crippen molar-refractivity contribution in [3.63, 3.8) is 0 Å². The molecule has 1 aromatic heterocycles. The molecule has 0 saturated heterocycles. The normalized spacial score (nSPS) is 18.9. The smallest absolute Gasteiger partial charge is 0.293 e. The first-order valence-corrected chi connectivity index (χ1v) is 6.36. The van der Waals surface area contributed by atoms with E-state index in [1.165, 1.54) is 32.1 Å². The number of aromatic nitrogens is 2. The van der Waals surface area contributed by atoms with Gasteiger partial charge in [0.25, 0.3) is 5.56 Å². The van der Waals surface area contributed by atoms with Gasteiger partial charge in [-0.05, 0) is 18.3 Å². The predicted molar refractivity (Wildman–Crippen MR) is 69.2 cm³/mol. The number of hydrogen-bond donors (Lipinski definition) is 1. The predicted octanol–water partition coefficient (Wildman–Crippen LogP) is 2.16. The second-order valence-corrected chi connectivity index (χ2v) is 5.42. The Kier molecular flexibility index (Phi) is 3.50. The van der Waals surface area contributed by atoms with Crippen LogP contribution in [-0.4, -0.2) is 16.1 Å². The summed E-state index contributed by atoms with van der Waals surface area (Å²) in [7, 11) is 1.75. The zero-order chi connectivity index (χ0) is 12.3. The summed E-state index contributed by atoms with van der Waals surface area (Å²) in [6.45, 7) is 3.14. The zero-order valence-electron chi connectivity index (χ0n) is 10.7. The molecular formula is C13H21N3O. The standard InChI is InChI=1S/C13H21N3O/c1-13(6-4-3-5-7-13)10-15-11-12(17)16(2)9-8-14-11/h8-9H,3-7,10H2,1-2H3,(H,14,15). The highest BCUT2D eigenvalue weighted by Crippen LogP contribution is 2.35. The molecule has 0 aliphatic heterocycles. The minimum atomic E-state index is -0.0492. The summed E-state index contributed by atoms with van der Waals surface area (Å²) in [6, 6.07) is 0. The lowest BCUT2D eigenvalue weighted by atomic mass is 9.76. The monoisotopic (exact) mass is 235 g/mol. The molecule has 1 heterocycles. The van der Waals surface area contributed by atoms with Crippen LogP contribution in [0.2, 0.25) is 0 Å². The second-order valence-electron chi connectivity index (χ2n) is 5.42. The van der Waals surface area contributed by atoms with Crippen LogP contribution in [-0.2, 0) is 7.05 Å². The molecule has 0 aromatic carbocycles. The fraction of sp³-hybridized carbons (Fsp3) is 0.692. The third kappa shape index (κ3) is 2.87. The fourth-order valence-electron chi connectivity index (χ4n) is 2.50. The van der Waals surface area contributed by atoms with E-state index in [0.29, 0.717) is 11.2 Å². The maximum Gasteiger partial charge on any atom is 0.293 e. The second kappa shape index (κ2) is 4.90. The highest BCUT2D eigenvalue weighted by atomic mass is 16.1. The highest BCUT2D eigenvalue weighted by molar-refractivity contribution is 5.31. The molecule has 0 amide bonds. The Morgan fingerprint density at radius 3 is 2.82 bits per heavy atom. The van der Waals surface area contributed by atoms with Gasteiger partial charge in [0.15, 0.2) is 5.82 Å². The molecule has 4 heteroatoms. The molecule has 0 unspecified atom stereocenters. The number of anilines is 1. The molecular weight excluding hydrogens is 214 g/mol. The Hall–Kier alpha value is -1.32. The van der Waals surface area contributed by atoms with Crippen molar-refractivity contribution in [3.05, 3.63) is 22.7 Å². The van der Waals surface area contributed by atoms with Gasteiger partial charge >= 0.3 is 0 Å². The van der Waals surface area contributed by atoms with Gasteiger partial charge in [0.1, 0.15) is 0 Å². The summed E-state index contributed by atoms with van der Waals surface area (Å²) in [5.41, 5.74) is 0.271. The van der Waals surface area contributed by atoms with E-state index in [-0.39, 0.29) is 5.56 Å². The van der Waals surface area contributed by atoms with E-state index >= 15 is 0 Å². The van der Waals surface area contributed by atoms with E-state index in [9.17, 15) is 4.79 Å². The van der Waals surface area contributed by atoms with E-state index in [1.807, 2.05) is 0 Å². The summed E-state index contributed by atoms with van der Waals surface area (Å²) < 4.78 is 1.55. The van der Waals surface area contributed by atoms with Crippen LogP contribution in [0, 0.1) is 5.41 Å². The van der Waals surface area contributed by atoms with Crippen molar-refractivity contribution >= 4 is 5.82 Å². The number of nitrogens with one attached hydrogen (secondary N) is 1. The van der Waals surface area contributed by atoms with Crippen molar-refractivity contribution in [3.8, 4) is 0 Å². The summed E-state index contributed by atoms with van der Waals surface area (Å²) in [5.74, 6) is 0.474. The van der Waals surface area contributed by atoms with Crippen LogP contribution in [0.15, 0.2) is 17.2 Å².